The Kier molecular flexibility index (Phi) is 5.06. The maximum atomic E-state index is 13.3. The van der Waals surface area contributed by atoms with Crippen molar-refractivity contribution in [1.82, 2.24) is 9.55 Å². The fourth-order valence-corrected chi connectivity index (χ4v) is 4.99. The van der Waals surface area contributed by atoms with Crippen LogP contribution in [0.4, 0.5) is 0 Å². The fraction of sp³-hybridized carbons (Fsp3) is 0.200. The van der Waals surface area contributed by atoms with Crippen molar-refractivity contribution in [3.8, 4) is 0 Å². The largest absolute Gasteiger partial charge is 0.463 e. The van der Waals surface area contributed by atoms with Crippen molar-refractivity contribution in [3.05, 3.63) is 83.4 Å². The van der Waals surface area contributed by atoms with Gasteiger partial charge in [-0.1, -0.05) is 17.4 Å². The van der Waals surface area contributed by atoms with Crippen LogP contribution in [-0.4, -0.2) is 22.1 Å². The Hall–Kier alpha value is -2.84. The molecular formula is C20H17N3O3S2. The number of pyridine rings is 1. The van der Waals surface area contributed by atoms with Gasteiger partial charge in [0.25, 0.3) is 5.56 Å². The van der Waals surface area contributed by atoms with Gasteiger partial charge in [-0.2, -0.15) is 0 Å². The molecule has 3 aromatic rings. The summed E-state index contributed by atoms with van der Waals surface area (Å²) in [5.41, 5.74) is 1.70. The number of hydrogen-bond donors (Lipinski definition) is 0. The van der Waals surface area contributed by atoms with Crippen LogP contribution in [-0.2, 0) is 9.53 Å². The average Bonchev–Trinajstić information content (AvgIpc) is 3.31. The highest BCUT2D eigenvalue weighted by atomic mass is 32.1. The number of carbonyl (C=O) groups is 1. The minimum Gasteiger partial charge on any atom is -0.463 e. The lowest BCUT2D eigenvalue weighted by molar-refractivity contribution is -0.139. The van der Waals surface area contributed by atoms with Crippen LogP contribution in [0.25, 0.3) is 6.08 Å². The van der Waals surface area contributed by atoms with Gasteiger partial charge in [0.1, 0.15) is 6.04 Å². The van der Waals surface area contributed by atoms with E-state index in [1.807, 2.05) is 35.7 Å². The second kappa shape index (κ2) is 7.65. The zero-order chi connectivity index (χ0) is 19.7. The van der Waals surface area contributed by atoms with Crippen LogP contribution < -0.4 is 14.9 Å². The molecule has 1 aliphatic heterocycles. The number of nitrogens with zero attached hydrogens (tertiary/aromatic N) is 3. The molecule has 0 fully saturated rings. The molecule has 0 unspecified atom stereocenters. The van der Waals surface area contributed by atoms with Crippen molar-refractivity contribution in [2.45, 2.75) is 19.9 Å². The van der Waals surface area contributed by atoms with Gasteiger partial charge < -0.3 is 4.74 Å². The summed E-state index contributed by atoms with van der Waals surface area (Å²) < 4.78 is 7.42. The first-order valence-electron chi connectivity index (χ1n) is 8.73. The van der Waals surface area contributed by atoms with E-state index in [-0.39, 0.29) is 12.2 Å². The van der Waals surface area contributed by atoms with Crippen molar-refractivity contribution in [2.75, 3.05) is 6.61 Å². The minimum absolute atomic E-state index is 0.173. The maximum Gasteiger partial charge on any atom is 0.338 e. The summed E-state index contributed by atoms with van der Waals surface area (Å²) in [4.78, 5) is 35.9. The van der Waals surface area contributed by atoms with Gasteiger partial charge in [0.2, 0.25) is 0 Å². The van der Waals surface area contributed by atoms with Crippen molar-refractivity contribution < 1.29 is 9.53 Å². The van der Waals surface area contributed by atoms with Gasteiger partial charge in [0.05, 0.1) is 22.4 Å². The quantitative estimate of drug-likeness (QED) is 0.618. The van der Waals surface area contributed by atoms with E-state index in [2.05, 4.69) is 9.98 Å². The van der Waals surface area contributed by atoms with Crippen LogP contribution in [0.1, 0.15) is 30.3 Å². The Morgan fingerprint density at radius 3 is 2.79 bits per heavy atom. The van der Waals surface area contributed by atoms with Crippen LogP contribution in [0.2, 0.25) is 0 Å². The lowest BCUT2D eigenvalue weighted by Gasteiger charge is -2.23. The van der Waals surface area contributed by atoms with Gasteiger partial charge >= 0.3 is 5.97 Å². The summed E-state index contributed by atoms with van der Waals surface area (Å²) in [6.45, 7) is 3.81. The molecule has 0 spiro atoms. The predicted molar refractivity (Wildman–Crippen MR) is 109 cm³/mol. The van der Waals surface area contributed by atoms with E-state index in [1.165, 1.54) is 22.7 Å². The number of rotatable bonds is 4. The Bertz CT molecular complexity index is 1220. The predicted octanol–water partition coefficient (Wildman–Crippen LogP) is 2.25. The third kappa shape index (κ3) is 3.25. The average molecular weight is 412 g/mol. The molecule has 28 heavy (non-hydrogen) atoms. The van der Waals surface area contributed by atoms with Gasteiger partial charge in [0.15, 0.2) is 4.80 Å². The molecule has 142 valence electrons. The molecule has 8 heteroatoms. The van der Waals surface area contributed by atoms with Crippen LogP contribution in [0.15, 0.2) is 63.1 Å². The van der Waals surface area contributed by atoms with Crippen LogP contribution in [0.3, 0.4) is 0 Å². The van der Waals surface area contributed by atoms with Gasteiger partial charge in [0, 0.05) is 17.3 Å². The van der Waals surface area contributed by atoms with E-state index < -0.39 is 12.0 Å². The zero-order valence-electron chi connectivity index (χ0n) is 15.3. The van der Waals surface area contributed by atoms with Crippen LogP contribution >= 0.6 is 22.7 Å². The highest BCUT2D eigenvalue weighted by Gasteiger charge is 2.33. The van der Waals surface area contributed by atoms with Gasteiger partial charge in [-0.05, 0) is 49.1 Å². The third-order valence-electron chi connectivity index (χ3n) is 4.33. The maximum absolute atomic E-state index is 13.3. The molecule has 0 N–H and O–H groups in total. The Labute approximate surface area is 168 Å². The lowest BCUT2D eigenvalue weighted by Crippen LogP contribution is -2.39. The first kappa shape index (κ1) is 18.5. The summed E-state index contributed by atoms with van der Waals surface area (Å²) in [7, 11) is 0. The van der Waals surface area contributed by atoms with E-state index in [0.29, 0.717) is 20.6 Å². The summed E-state index contributed by atoms with van der Waals surface area (Å²) in [5, 5.41) is 1.93. The van der Waals surface area contributed by atoms with E-state index in [0.717, 1.165) is 10.4 Å². The molecule has 4 rings (SSSR count). The van der Waals surface area contributed by atoms with Crippen molar-refractivity contribution >= 4 is 34.7 Å². The molecule has 4 heterocycles. The number of carbonyl (C=O) groups excluding carboxylic acids is 1. The first-order valence-corrected chi connectivity index (χ1v) is 10.4. The van der Waals surface area contributed by atoms with Crippen molar-refractivity contribution in [1.29, 1.82) is 0 Å². The zero-order valence-corrected chi connectivity index (χ0v) is 16.9. The van der Waals surface area contributed by atoms with Crippen molar-refractivity contribution in [3.63, 3.8) is 0 Å². The third-order valence-corrected chi connectivity index (χ3v) is 6.24. The standard InChI is InChI=1S/C20H17N3O3S2/c1-3-26-19(25)16-12(2)22-20-23(17(16)14-5-4-10-27-14)18(24)15(28-20)11-13-6-8-21-9-7-13/h4-11,17H,3H2,1-2H3/t17-/m0/s1. The molecule has 0 aliphatic carbocycles. The molecule has 6 nitrogen and oxygen atoms in total. The summed E-state index contributed by atoms with van der Waals surface area (Å²) in [5.74, 6) is -0.439. The number of hydrogen-bond acceptors (Lipinski definition) is 7. The molecule has 1 aliphatic rings. The summed E-state index contributed by atoms with van der Waals surface area (Å²) in [6.07, 6.45) is 5.18. The number of esters is 1. The summed E-state index contributed by atoms with van der Waals surface area (Å²) >= 11 is 2.81. The number of ether oxygens (including phenoxy) is 1. The topological polar surface area (TPSA) is 73.6 Å². The van der Waals surface area contributed by atoms with Gasteiger partial charge in [-0.25, -0.2) is 9.79 Å². The molecule has 1 atom stereocenters. The molecule has 3 aromatic heterocycles. The summed E-state index contributed by atoms with van der Waals surface area (Å²) in [6, 6.07) is 6.97. The fourth-order valence-electron chi connectivity index (χ4n) is 3.12. The lowest BCUT2D eigenvalue weighted by atomic mass is 10.0. The Balaban J connectivity index is 1.95. The Morgan fingerprint density at radius 2 is 2.11 bits per heavy atom. The van der Waals surface area contributed by atoms with E-state index in [4.69, 9.17) is 4.74 Å². The molecule has 0 aromatic carbocycles. The van der Waals surface area contributed by atoms with Gasteiger partial charge in [-0.15, -0.1) is 11.3 Å². The number of thiophene rings is 1. The van der Waals surface area contributed by atoms with E-state index in [1.54, 1.807) is 30.8 Å². The van der Waals surface area contributed by atoms with E-state index in [9.17, 15) is 9.59 Å². The monoisotopic (exact) mass is 411 g/mol. The first-order chi connectivity index (χ1) is 13.6. The number of thiazole rings is 1. The normalized spacial score (nSPS) is 16.6. The Morgan fingerprint density at radius 1 is 1.32 bits per heavy atom. The molecule has 0 saturated heterocycles. The number of aromatic nitrogens is 2. The van der Waals surface area contributed by atoms with Crippen LogP contribution in [0.5, 0.6) is 0 Å². The van der Waals surface area contributed by atoms with Gasteiger partial charge in [-0.3, -0.25) is 14.3 Å². The molecule has 0 radical (unpaired) electrons. The minimum atomic E-state index is -0.533. The SMILES string of the molecule is CCOC(=O)C1=C(C)N=c2sc(=Cc3ccncc3)c(=O)n2[C@H]1c1cccs1. The molecule has 0 saturated carbocycles. The van der Waals surface area contributed by atoms with Crippen molar-refractivity contribution in [2.24, 2.45) is 4.99 Å². The van der Waals surface area contributed by atoms with Crippen LogP contribution in [0, 0.1) is 0 Å². The highest BCUT2D eigenvalue weighted by molar-refractivity contribution is 7.10. The smallest absolute Gasteiger partial charge is 0.338 e. The number of allylic oxidation sites excluding steroid dienone is 1. The second-order valence-corrected chi connectivity index (χ2v) is 8.09. The molecular weight excluding hydrogens is 394 g/mol. The highest BCUT2D eigenvalue weighted by Crippen LogP contribution is 2.33. The molecule has 0 bridgehead atoms. The second-order valence-electron chi connectivity index (χ2n) is 6.10. The molecule has 0 amide bonds. The number of fused-ring (bicyclic) bond motifs is 1. The van der Waals surface area contributed by atoms with E-state index >= 15 is 0 Å².